The summed E-state index contributed by atoms with van der Waals surface area (Å²) in [5.41, 5.74) is -0.340. The molecule has 0 unspecified atom stereocenters. The Hall–Kier alpha value is -2.66. The number of halogens is 4. The Balaban J connectivity index is 1.82. The number of nitrogens with two attached hydrogens (primary N) is 1. The molecule has 2 aromatic carbocycles. The van der Waals surface area contributed by atoms with Crippen molar-refractivity contribution in [1.29, 1.82) is 0 Å². The van der Waals surface area contributed by atoms with Gasteiger partial charge in [-0.1, -0.05) is 26.0 Å². The lowest BCUT2D eigenvalue weighted by atomic mass is 10.0. The van der Waals surface area contributed by atoms with Crippen molar-refractivity contribution in [2.75, 3.05) is 5.32 Å². The maximum Gasteiger partial charge on any atom is 0.573 e. The number of carbonyl (C=O) groups is 1. The first-order valence-electron chi connectivity index (χ1n) is 8.69. The van der Waals surface area contributed by atoms with Crippen LogP contribution in [0.1, 0.15) is 25.3 Å². The van der Waals surface area contributed by atoms with E-state index < -0.39 is 50.9 Å². The van der Waals surface area contributed by atoms with E-state index in [9.17, 15) is 30.8 Å². The molecule has 0 heterocycles. The number of carbonyl (C=O) groups excluding carboxylic acids is 1. The van der Waals surface area contributed by atoms with Crippen LogP contribution in [0.2, 0.25) is 0 Å². The molecule has 1 fully saturated rings. The highest BCUT2D eigenvalue weighted by molar-refractivity contribution is 7.89. The molecule has 162 valence electrons. The molecule has 11 heteroatoms. The van der Waals surface area contributed by atoms with Crippen LogP contribution in [0.5, 0.6) is 5.75 Å². The fourth-order valence-electron chi connectivity index (χ4n) is 3.64. The summed E-state index contributed by atoms with van der Waals surface area (Å²) < 4.78 is 77.9. The molecule has 0 aromatic heterocycles. The molecule has 0 saturated heterocycles. The standard InChI is InChI=1S/C19H18F4N2O4S/c1-18(2)15(10-3-6-12(7-4-10)30(24,27)28)16(18)17(26)25-13-9-11(20)5-8-14(13)29-19(21,22)23/h3-9,15-16H,1-2H3,(H,25,26)(H2,24,27,28)/t15-,16+/m0/s1. The predicted molar refractivity (Wildman–Crippen MR) is 99.5 cm³/mol. The van der Waals surface area contributed by atoms with E-state index in [1.165, 1.54) is 24.3 Å². The number of rotatable bonds is 5. The van der Waals surface area contributed by atoms with E-state index in [0.29, 0.717) is 5.56 Å². The Kier molecular flexibility index (Phi) is 5.32. The van der Waals surface area contributed by atoms with E-state index in [1.54, 1.807) is 13.8 Å². The minimum Gasteiger partial charge on any atom is -0.404 e. The van der Waals surface area contributed by atoms with E-state index in [1.807, 2.05) is 0 Å². The maximum absolute atomic E-state index is 13.5. The van der Waals surface area contributed by atoms with Crippen molar-refractivity contribution in [2.45, 2.75) is 31.0 Å². The molecule has 2 atom stereocenters. The third-order valence-corrected chi connectivity index (χ3v) is 6.03. The molecule has 3 N–H and O–H groups in total. The lowest BCUT2D eigenvalue weighted by molar-refractivity contribution is -0.274. The Morgan fingerprint density at radius 3 is 2.27 bits per heavy atom. The summed E-state index contributed by atoms with van der Waals surface area (Å²) >= 11 is 0. The molecule has 3 rings (SSSR count). The van der Waals surface area contributed by atoms with Gasteiger partial charge in [-0.25, -0.2) is 17.9 Å². The normalized spacial score (nSPS) is 20.5. The molecule has 2 aromatic rings. The molecule has 1 saturated carbocycles. The van der Waals surface area contributed by atoms with Gasteiger partial charge in [-0.3, -0.25) is 4.79 Å². The van der Waals surface area contributed by atoms with Gasteiger partial charge in [-0.05, 0) is 35.2 Å². The summed E-state index contributed by atoms with van der Waals surface area (Å²) in [7, 11) is -3.87. The van der Waals surface area contributed by atoms with Crippen molar-refractivity contribution in [1.82, 2.24) is 0 Å². The third-order valence-electron chi connectivity index (χ3n) is 5.10. The SMILES string of the molecule is CC1(C)[C@@H](C(=O)Nc2cc(F)ccc2OC(F)(F)F)[C@@H]1c1ccc(S(N)(=O)=O)cc1. The summed E-state index contributed by atoms with van der Waals surface area (Å²) in [6.45, 7) is 3.57. The van der Waals surface area contributed by atoms with Crippen LogP contribution in [-0.2, 0) is 14.8 Å². The molecular weight excluding hydrogens is 428 g/mol. The number of benzene rings is 2. The van der Waals surface area contributed by atoms with Crippen molar-refractivity contribution >= 4 is 21.6 Å². The number of ether oxygens (including phenoxy) is 1. The van der Waals surface area contributed by atoms with Gasteiger partial charge < -0.3 is 10.1 Å². The van der Waals surface area contributed by atoms with Gasteiger partial charge in [0.15, 0.2) is 5.75 Å². The number of amides is 1. The van der Waals surface area contributed by atoms with Crippen molar-refractivity contribution in [3.63, 3.8) is 0 Å². The minimum absolute atomic E-state index is 0.0839. The Morgan fingerprint density at radius 1 is 1.13 bits per heavy atom. The lowest BCUT2D eigenvalue weighted by Gasteiger charge is -2.14. The predicted octanol–water partition coefficient (Wildman–Crippen LogP) is 3.75. The van der Waals surface area contributed by atoms with Gasteiger partial charge in [-0.15, -0.1) is 13.2 Å². The zero-order valence-electron chi connectivity index (χ0n) is 15.8. The van der Waals surface area contributed by atoms with Crippen LogP contribution >= 0.6 is 0 Å². The van der Waals surface area contributed by atoms with Crippen LogP contribution in [0.3, 0.4) is 0 Å². The first-order chi connectivity index (χ1) is 13.7. The molecular formula is C19H18F4N2O4S. The van der Waals surface area contributed by atoms with Gasteiger partial charge >= 0.3 is 6.36 Å². The summed E-state index contributed by atoms with van der Waals surface area (Å²) in [4.78, 5) is 12.7. The van der Waals surface area contributed by atoms with Crippen LogP contribution in [0.4, 0.5) is 23.2 Å². The van der Waals surface area contributed by atoms with Crippen molar-refractivity contribution in [3.8, 4) is 5.75 Å². The van der Waals surface area contributed by atoms with E-state index in [4.69, 9.17) is 5.14 Å². The number of primary sulfonamides is 1. The van der Waals surface area contributed by atoms with Crippen molar-refractivity contribution in [3.05, 3.63) is 53.8 Å². The minimum atomic E-state index is -5.01. The average Bonchev–Trinajstić information content (AvgIpc) is 3.18. The summed E-state index contributed by atoms with van der Waals surface area (Å²) in [6.07, 6.45) is -5.01. The lowest BCUT2D eigenvalue weighted by Crippen LogP contribution is -2.21. The summed E-state index contributed by atoms with van der Waals surface area (Å²) in [5.74, 6) is -3.15. The second-order valence-electron chi connectivity index (χ2n) is 7.57. The third kappa shape index (κ3) is 4.57. The van der Waals surface area contributed by atoms with E-state index in [0.717, 1.165) is 18.2 Å². The van der Waals surface area contributed by atoms with Crippen LogP contribution in [-0.4, -0.2) is 20.7 Å². The number of nitrogens with one attached hydrogen (secondary N) is 1. The molecule has 30 heavy (non-hydrogen) atoms. The van der Waals surface area contributed by atoms with E-state index >= 15 is 0 Å². The van der Waals surface area contributed by atoms with Crippen molar-refractivity contribution < 1.29 is 35.5 Å². The number of hydrogen-bond acceptors (Lipinski definition) is 4. The van der Waals surface area contributed by atoms with Gasteiger partial charge in [0.1, 0.15) is 5.82 Å². The first kappa shape index (κ1) is 22.0. The monoisotopic (exact) mass is 446 g/mol. The topological polar surface area (TPSA) is 98.5 Å². The zero-order valence-corrected chi connectivity index (χ0v) is 16.6. The second kappa shape index (κ2) is 7.24. The highest BCUT2D eigenvalue weighted by Crippen LogP contribution is 2.64. The Labute approximate surface area is 170 Å². The Bertz CT molecular complexity index is 1080. The Morgan fingerprint density at radius 2 is 1.73 bits per heavy atom. The summed E-state index contributed by atoms with van der Waals surface area (Å²) in [6, 6.07) is 7.99. The number of sulfonamides is 1. The van der Waals surface area contributed by atoms with Crippen LogP contribution in [0.15, 0.2) is 47.4 Å². The van der Waals surface area contributed by atoms with Crippen LogP contribution < -0.4 is 15.2 Å². The average molecular weight is 446 g/mol. The molecule has 0 aliphatic heterocycles. The van der Waals surface area contributed by atoms with Gasteiger partial charge in [0, 0.05) is 12.0 Å². The van der Waals surface area contributed by atoms with Crippen LogP contribution in [0, 0.1) is 17.2 Å². The largest absolute Gasteiger partial charge is 0.573 e. The molecule has 6 nitrogen and oxygen atoms in total. The highest BCUT2D eigenvalue weighted by atomic mass is 32.2. The maximum atomic E-state index is 13.5. The molecule has 1 amide bonds. The van der Waals surface area contributed by atoms with Gasteiger partial charge in [0.25, 0.3) is 0 Å². The molecule has 1 aliphatic rings. The fourth-order valence-corrected chi connectivity index (χ4v) is 4.15. The zero-order chi connectivity index (χ0) is 22.5. The number of anilines is 1. The van der Waals surface area contributed by atoms with Gasteiger partial charge in [0.05, 0.1) is 16.5 Å². The number of alkyl halides is 3. The highest BCUT2D eigenvalue weighted by Gasteiger charge is 2.62. The van der Waals surface area contributed by atoms with Gasteiger partial charge in [0.2, 0.25) is 15.9 Å². The van der Waals surface area contributed by atoms with Crippen molar-refractivity contribution in [2.24, 2.45) is 16.5 Å². The molecule has 0 bridgehead atoms. The quantitative estimate of drug-likeness (QED) is 0.684. The molecule has 1 aliphatic carbocycles. The van der Waals surface area contributed by atoms with Gasteiger partial charge in [-0.2, -0.15) is 0 Å². The van der Waals surface area contributed by atoms with Crippen LogP contribution in [0.25, 0.3) is 0 Å². The van der Waals surface area contributed by atoms with E-state index in [-0.39, 0.29) is 10.8 Å². The molecule has 0 radical (unpaired) electrons. The summed E-state index contributed by atoms with van der Waals surface area (Å²) in [5, 5.41) is 7.38. The fraction of sp³-hybridized carbons (Fsp3) is 0.316. The first-order valence-corrected chi connectivity index (χ1v) is 10.2. The second-order valence-corrected chi connectivity index (χ2v) is 9.13. The number of hydrogen-bond donors (Lipinski definition) is 2. The molecule has 0 spiro atoms. The van der Waals surface area contributed by atoms with E-state index in [2.05, 4.69) is 10.1 Å². The smallest absolute Gasteiger partial charge is 0.404 e.